The SMILES string of the molecule is CC(C)Cc1cccc(CC(C)C)c1[O-].CC(C)Cc1cccc(CC(C)C)c1[O-].CC(C)Cc1cccc(CC(C)C)c1[O-].[Al+3]. The first-order valence-corrected chi connectivity index (χ1v) is 17.3. The predicted molar refractivity (Wildman–Crippen MR) is 195 cm³/mol. The maximum Gasteiger partial charge on any atom is 3.00 e. The molecule has 0 N–H and O–H groups in total. The molecule has 0 aliphatic heterocycles. The molecule has 0 atom stereocenters. The molecule has 0 spiro atoms. The van der Waals surface area contributed by atoms with E-state index in [0.717, 1.165) is 71.9 Å². The van der Waals surface area contributed by atoms with Gasteiger partial charge in [0.2, 0.25) is 0 Å². The van der Waals surface area contributed by atoms with Crippen LogP contribution < -0.4 is 15.3 Å². The molecule has 0 saturated carbocycles. The number of hydrogen-bond acceptors (Lipinski definition) is 3. The Hall–Kier alpha value is -2.41. The summed E-state index contributed by atoms with van der Waals surface area (Å²) in [4.78, 5) is 0. The van der Waals surface area contributed by atoms with Gasteiger partial charge in [0.1, 0.15) is 0 Å². The van der Waals surface area contributed by atoms with E-state index in [1.54, 1.807) is 0 Å². The van der Waals surface area contributed by atoms with Gasteiger partial charge in [0.15, 0.2) is 0 Å². The Bertz CT molecular complexity index is 1020. The molecule has 0 heterocycles. The molecule has 46 heavy (non-hydrogen) atoms. The fraction of sp³-hybridized carbons (Fsp3) is 0.571. The van der Waals surface area contributed by atoms with Crippen LogP contribution in [0.1, 0.15) is 116 Å². The Morgan fingerprint density at radius 2 is 0.457 bits per heavy atom. The molecule has 0 bridgehead atoms. The van der Waals surface area contributed by atoms with Gasteiger partial charge in [-0.25, -0.2) is 0 Å². The van der Waals surface area contributed by atoms with E-state index in [0.29, 0.717) is 35.5 Å². The molecule has 0 aliphatic carbocycles. The molecular formula is C42H63AlO3. The van der Waals surface area contributed by atoms with Gasteiger partial charge in [-0.05, 0) is 74.0 Å². The van der Waals surface area contributed by atoms with Gasteiger partial charge in [0.25, 0.3) is 0 Å². The van der Waals surface area contributed by atoms with Crippen LogP contribution >= 0.6 is 0 Å². The second-order valence-corrected chi connectivity index (χ2v) is 15.3. The minimum absolute atomic E-state index is 0. The average Bonchev–Trinajstić information content (AvgIpc) is 2.90. The fourth-order valence-corrected chi connectivity index (χ4v) is 5.52. The minimum atomic E-state index is 0. The summed E-state index contributed by atoms with van der Waals surface area (Å²) in [6.07, 6.45) is 5.36. The maximum absolute atomic E-state index is 12.0. The Morgan fingerprint density at radius 1 is 0.326 bits per heavy atom. The van der Waals surface area contributed by atoms with E-state index < -0.39 is 0 Å². The normalized spacial score (nSPS) is 11.1. The summed E-state index contributed by atoms with van der Waals surface area (Å²) >= 11 is 0. The smallest absolute Gasteiger partial charge is 0.872 e. The van der Waals surface area contributed by atoms with Crippen LogP contribution in [-0.2, 0) is 38.5 Å². The van der Waals surface area contributed by atoms with Crippen LogP contribution in [0, 0.1) is 35.5 Å². The van der Waals surface area contributed by atoms with Gasteiger partial charge < -0.3 is 15.3 Å². The van der Waals surface area contributed by atoms with Crippen molar-refractivity contribution in [1.82, 2.24) is 0 Å². The summed E-state index contributed by atoms with van der Waals surface area (Å²) in [6, 6.07) is 17.8. The monoisotopic (exact) mass is 642 g/mol. The van der Waals surface area contributed by atoms with E-state index in [2.05, 4.69) is 83.1 Å². The predicted octanol–water partition coefficient (Wildman–Crippen LogP) is 9.09. The third kappa shape index (κ3) is 16.9. The van der Waals surface area contributed by atoms with Gasteiger partial charge in [0.05, 0.1) is 0 Å². The fourth-order valence-electron chi connectivity index (χ4n) is 5.52. The largest absolute Gasteiger partial charge is 3.00 e. The molecule has 0 aliphatic rings. The van der Waals surface area contributed by atoms with E-state index in [-0.39, 0.29) is 34.6 Å². The Kier molecular flexibility index (Phi) is 21.1. The Balaban J connectivity index is 0.000000653. The van der Waals surface area contributed by atoms with Gasteiger partial charge in [-0.15, -0.1) is 17.2 Å². The van der Waals surface area contributed by atoms with Crippen molar-refractivity contribution in [2.45, 2.75) is 122 Å². The van der Waals surface area contributed by atoms with Crippen molar-refractivity contribution in [1.29, 1.82) is 0 Å². The minimum Gasteiger partial charge on any atom is -0.872 e. The van der Waals surface area contributed by atoms with Crippen LogP contribution in [0.2, 0.25) is 0 Å². The average molecular weight is 643 g/mol. The van der Waals surface area contributed by atoms with Crippen LogP contribution in [0.4, 0.5) is 0 Å². The zero-order valence-electron chi connectivity index (χ0n) is 31.2. The number of benzene rings is 3. The van der Waals surface area contributed by atoms with Crippen molar-refractivity contribution in [2.24, 2.45) is 35.5 Å². The summed E-state index contributed by atoms with van der Waals surface area (Å²) in [5.74, 6) is 4.08. The number of para-hydroxylation sites is 3. The Labute approximate surface area is 294 Å². The van der Waals surface area contributed by atoms with E-state index in [4.69, 9.17) is 0 Å². The van der Waals surface area contributed by atoms with E-state index >= 15 is 0 Å². The summed E-state index contributed by atoms with van der Waals surface area (Å²) < 4.78 is 0. The first kappa shape index (κ1) is 43.6. The topological polar surface area (TPSA) is 69.2 Å². The maximum atomic E-state index is 12.0. The number of hydrogen-bond donors (Lipinski definition) is 0. The second kappa shape index (κ2) is 22.2. The molecule has 252 valence electrons. The van der Waals surface area contributed by atoms with Crippen LogP contribution in [0.5, 0.6) is 17.2 Å². The summed E-state index contributed by atoms with van der Waals surface area (Å²) in [6.45, 7) is 25.8. The molecule has 0 radical (unpaired) electrons. The van der Waals surface area contributed by atoms with E-state index in [1.165, 1.54) is 0 Å². The molecule has 3 nitrogen and oxygen atoms in total. The Morgan fingerprint density at radius 3 is 0.565 bits per heavy atom. The van der Waals surface area contributed by atoms with E-state index in [9.17, 15) is 15.3 Å². The van der Waals surface area contributed by atoms with Gasteiger partial charge >= 0.3 is 17.4 Å². The first-order chi connectivity index (χ1) is 21.0. The van der Waals surface area contributed by atoms with E-state index in [1.807, 2.05) is 54.6 Å². The standard InChI is InChI=1S/3C14H22O.Al/c3*1-10(2)8-12-6-5-7-13(14(12)15)9-11(3)4;/h3*5-7,10-11,15H,8-9H2,1-4H3;/q;;;+3/p-3. The van der Waals surface area contributed by atoms with Crippen LogP contribution in [-0.4, -0.2) is 17.4 Å². The van der Waals surface area contributed by atoms with Gasteiger partial charge in [0, 0.05) is 0 Å². The van der Waals surface area contributed by atoms with Gasteiger partial charge in [-0.3, -0.25) is 0 Å². The second-order valence-electron chi connectivity index (χ2n) is 15.3. The molecule has 0 amide bonds. The van der Waals surface area contributed by atoms with Gasteiger partial charge in [-0.1, -0.05) is 171 Å². The molecule has 0 unspecified atom stereocenters. The zero-order chi connectivity index (χ0) is 34.3. The van der Waals surface area contributed by atoms with Crippen molar-refractivity contribution in [3.05, 3.63) is 88.0 Å². The first-order valence-electron chi connectivity index (χ1n) is 17.3. The summed E-state index contributed by atoms with van der Waals surface area (Å²) in [7, 11) is 0. The molecule has 0 fully saturated rings. The van der Waals surface area contributed by atoms with Crippen molar-refractivity contribution < 1.29 is 15.3 Å². The van der Waals surface area contributed by atoms with Gasteiger partial charge in [-0.2, -0.15) is 0 Å². The molecular weight excluding hydrogens is 579 g/mol. The van der Waals surface area contributed by atoms with Crippen LogP contribution in [0.3, 0.4) is 0 Å². The third-order valence-corrected chi connectivity index (χ3v) is 7.30. The van der Waals surface area contributed by atoms with Crippen LogP contribution in [0.15, 0.2) is 54.6 Å². The molecule has 3 aromatic carbocycles. The van der Waals surface area contributed by atoms with Crippen molar-refractivity contribution >= 4 is 17.4 Å². The zero-order valence-corrected chi connectivity index (χ0v) is 32.4. The molecule has 0 saturated heterocycles. The van der Waals surface area contributed by atoms with Crippen molar-refractivity contribution in [3.63, 3.8) is 0 Å². The number of rotatable bonds is 12. The molecule has 0 aromatic heterocycles. The third-order valence-electron chi connectivity index (χ3n) is 7.30. The summed E-state index contributed by atoms with van der Waals surface area (Å²) in [5.41, 5.74) is 5.85. The molecule has 4 heteroatoms. The van der Waals surface area contributed by atoms with Crippen molar-refractivity contribution in [3.8, 4) is 17.2 Å². The van der Waals surface area contributed by atoms with Crippen LogP contribution in [0.25, 0.3) is 0 Å². The molecule has 3 aromatic rings. The summed E-state index contributed by atoms with van der Waals surface area (Å²) in [5, 5.41) is 36.1. The molecule has 3 rings (SSSR count). The van der Waals surface area contributed by atoms with Crippen molar-refractivity contribution in [2.75, 3.05) is 0 Å². The quantitative estimate of drug-likeness (QED) is 0.185.